The predicted molar refractivity (Wildman–Crippen MR) is 95.4 cm³/mol. The molecule has 0 saturated heterocycles. The summed E-state index contributed by atoms with van der Waals surface area (Å²) in [5.74, 6) is 1.10. The maximum atomic E-state index is 12.8. The molecular weight excluding hydrogens is 324 g/mol. The van der Waals surface area contributed by atoms with E-state index in [1.807, 2.05) is 31.0 Å². The smallest absolute Gasteiger partial charge is 0.243 e. The summed E-state index contributed by atoms with van der Waals surface area (Å²) in [6.07, 6.45) is 5.91. The van der Waals surface area contributed by atoms with E-state index in [4.69, 9.17) is 0 Å². The molecule has 0 heterocycles. The molecule has 2 aliphatic carbocycles. The number of anilines is 1. The maximum Gasteiger partial charge on any atom is 0.243 e. The molecule has 1 amide bonds. The Morgan fingerprint density at radius 1 is 1.17 bits per heavy atom. The zero-order valence-electron chi connectivity index (χ0n) is 14.6. The fourth-order valence-corrected chi connectivity index (χ4v) is 4.42. The third-order valence-electron chi connectivity index (χ3n) is 5.11. The summed E-state index contributed by atoms with van der Waals surface area (Å²) in [4.78, 5) is 14.6. The molecular formula is C18H26N2O3S. The van der Waals surface area contributed by atoms with Crippen molar-refractivity contribution in [2.24, 2.45) is 11.8 Å². The second kappa shape index (κ2) is 6.39. The van der Waals surface area contributed by atoms with Gasteiger partial charge in [-0.15, -0.1) is 0 Å². The molecule has 0 bridgehead atoms. The lowest BCUT2D eigenvalue weighted by Gasteiger charge is -2.31. The highest BCUT2D eigenvalue weighted by molar-refractivity contribution is 7.92. The molecule has 1 aromatic carbocycles. The minimum Gasteiger partial charge on any atom is -0.341 e. The van der Waals surface area contributed by atoms with Gasteiger partial charge in [0, 0.05) is 13.1 Å². The zero-order valence-corrected chi connectivity index (χ0v) is 15.4. The minimum absolute atomic E-state index is 0.118. The fraction of sp³-hybridized carbons (Fsp3) is 0.611. The normalized spacial score (nSPS) is 17.8. The molecule has 0 spiro atoms. The Kier molecular flexibility index (Phi) is 4.60. The number of aryl methyl sites for hydroxylation is 1. The van der Waals surface area contributed by atoms with Gasteiger partial charge < -0.3 is 4.90 Å². The monoisotopic (exact) mass is 350 g/mol. The van der Waals surface area contributed by atoms with Crippen LogP contribution in [0.5, 0.6) is 0 Å². The molecule has 0 N–H and O–H groups in total. The lowest BCUT2D eigenvalue weighted by Crippen LogP contribution is -2.46. The highest BCUT2D eigenvalue weighted by Gasteiger charge is 2.45. The average molecular weight is 350 g/mol. The SMILES string of the molecule is Cc1ccccc1N(CC(=O)N(C)C(C1CC1)C1CC1)S(C)(=O)=O. The summed E-state index contributed by atoms with van der Waals surface area (Å²) in [7, 11) is -1.68. The van der Waals surface area contributed by atoms with E-state index in [1.165, 1.54) is 30.0 Å². The van der Waals surface area contributed by atoms with Crippen molar-refractivity contribution in [3.8, 4) is 0 Å². The molecule has 5 nitrogen and oxygen atoms in total. The van der Waals surface area contributed by atoms with Gasteiger partial charge in [0.2, 0.25) is 15.9 Å². The van der Waals surface area contributed by atoms with Crippen LogP contribution >= 0.6 is 0 Å². The second-order valence-electron chi connectivity index (χ2n) is 7.23. The first-order chi connectivity index (χ1) is 11.3. The molecule has 0 aromatic heterocycles. The number of hydrogen-bond donors (Lipinski definition) is 0. The Balaban J connectivity index is 1.80. The standard InChI is InChI=1S/C18H26N2O3S/c1-13-6-4-5-7-16(13)20(24(3,22)23)12-17(21)19(2)18(14-8-9-14)15-10-11-15/h4-7,14-15,18H,8-12H2,1-3H3. The Labute approximate surface area is 144 Å². The Morgan fingerprint density at radius 2 is 1.71 bits per heavy atom. The van der Waals surface area contributed by atoms with E-state index in [2.05, 4.69) is 0 Å². The lowest BCUT2D eigenvalue weighted by atomic mass is 10.1. The quantitative estimate of drug-likeness (QED) is 0.759. The predicted octanol–water partition coefficient (Wildman–Crippen LogP) is 2.41. The molecule has 6 heteroatoms. The largest absolute Gasteiger partial charge is 0.341 e. The van der Waals surface area contributed by atoms with E-state index in [0.717, 1.165) is 11.8 Å². The molecule has 2 fully saturated rings. The van der Waals surface area contributed by atoms with Crippen LogP contribution in [0.15, 0.2) is 24.3 Å². The third-order valence-corrected chi connectivity index (χ3v) is 6.24. The van der Waals surface area contributed by atoms with Gasteiger partial charge >= 0.3 is 0 Å². The fourth-order valence-electron chi connectivity index (χ4n) is 3.52. The van der Waals surface area contributed by atoms with E-state index in [0.29, 0.717) is 17.5 Å². The highest BCUT2D eigenvalue weighted by atomic mass is 32.2. The first-order valence-electron chi connectivity index (χ1n) is 8.58. The van der Waals surface area contributed by atoms with Gasteiger partial charge in [-0.05, 0) is 56.1 Å². The third kappa shape index (κ3) is 3.74. The van der Waals surface area contributed by atoms with Crippen molar-refractivity contribution >= 4 is 21.6 Å². The molecule has 2 saturated carbocycles. The van der Waals surface area contributed by atoms with Gasteiger partial charge in [-0.25, -0.2) is 8.42 Å². The molecule has 2 aliphatic rings. The summed E-state index contributed by atoms with van der Waals surface area (Å²) in [5.41, 5.74) is 1.43. The summed E-state index contributed by atoms with van der Waals surface area (Å²) < 4.78 is 25.8. The summed E-state index contributed by atoms with van der Waals surface area (Å²) in [5, 5.41) is 0. The van der Waals surface area contributed by atoms with Crippen LogP contribution in [0.25, 0.3) is 0 Å². The van der Waals surface area contributed by atoms with E-state index in [1.54, 1.807) is 12.1 Å². The van der Waals surface area contributed by atoms with Crippen LogP contribution in [-0.4, -0.2) is 45.1 Å². The van der Waals surface area contributed by atoms with E-state index < -0.39 is 10.0 Å². The van der Waals surface area contributed by atoms with Crippen LogP contribution in [-0.2, 0) is 14.8 Å². The van der Waals surface area contributed by atoms with Crippen molar-refractivity contribution < 1.29 is 13.2 Å². The van der Waals surface area contributed by atoms with Crippen molar-refractivity contribution in [1.29, 1.82) is 0 Å². The first kappa shape index (κ1) is 17.3. The number of benzene rings is 1. The molecule has 1 aromatic rings. The van der Waals surface area contributed by atoms with Crippen molar-refractivity contribution in [3.63, 3.8) is 0 Å². The number of para-hydroxylation sites is 1. The zero-order chi connectivity index (χ0) is 17.5. The second-order valence-corrected chi connectivity index (χ2v) is 9.13. The van der Waals surface area contributed by atoms with Gasteiger partial charge in [-0.3, -0.25) is 9.10 Å². The van der Waals surface area contributed by atoms with Crippen LogP contribution in [0.2, 0.25) is 0 Å². The summed E-state index contributed by atoms with van der Waals surface area (Å²) in [6, 6.07) is 7.56. The number of carbonyl (C=O) groups excluding carboxylic acids is 1. The number of carbonyl (C=O) groups is 1. The van der Waals surface area contributed by atoms with E-state index >= 15 is 0 Å². The number of likely N-dealkylation sites (N-methyl/N-ethyl adjacent to an activating group) is 1. The topological polar surface area (TPSA) is 57.7 Å². The van der Waals surface area contributed by atoms with E-state index in [-0.39, 0.29) is 18.5 Å². The first-order valence-corrected chi connectivity index (χ1v) is 10.4. The molecule has 0 atom stereocenters. The molecule has 0 unspecified atom stereocenters. The number of amides is 1. The number of hydrogen-bond acceptors (Lipinski definition) is 3. The summed E-state index contributed by atoms with van der Waals surface area (Å²) in [6.45, 7) is 1.73. The number of sulfonamides is 1. The number of rotatable bonds is 7. The maximum absolute atomic E-state index is 12.8. The van der Waals surface area contributed by atoms with Crippen LogP contribution < -0.4 is 4.31 Å². The van der Waals surface area contributed by atoms with Crippen LogP contribution in [0.1, 0.15) is 31.2 Å². The lowest BCUT2D eigenvalue weighted by molar-refractivity contribution is -0.131. The van der Waals surface area contributed by atoms with Crippen LogP contribution in [0.3, 0.4) is 0 Å². The molecule has 132 valence electrons. The summed E-state index contributed by atoms with van der Waals surface area (Å²) >= 11 is 0. The minimum atomic E-state index is -3.52. The molecule has 0 aliphatic heterocycles. The van der Waals surface area contributed by atoms with Crippen LogP contribution in [0, 0.1) is 18.8 Å². The van der Waals surface area contributed by atoms with Gasteiger partial charge in [-0.1, -0.05) is 18.2 Å². The molecule has 3 rings (SSSR count). The van der Waals surface area contributed by atoms with Crippen LogP contribution in [0.4, 0.5) is 5.69 Å². The van der Waals surface area contributed by atoms with Gasteiger partial charge in [-0.2, -0.15) is 0 Å². The average Bonchev–Trinajstić information content (AvgIpc) is 3.38. The van der Waals surface area contributed by atoms with Gasteiger partial charge in [0.25, 0.3) is 0 Å². The molecule has 0 radical (unpaired) electrons. The van der Waals surface area contributed by atoms with Crippen molar-refractivity contribution in [2.45, 2.75) is 38.6 Å². The van der Waals surface area contributed by atoms with Crippen molar-refractivity contribution in [2.75, 3.05) is 24.2 Å². The van der Waals surface area contributed by atoms with Gasteiger partial charge in [0.15, 0.2) is 0 Å². The molecule has 24 heavy (non-hydrogen) atoms. The Morgan fingerprint density at radius 3 is 2.17 bits per heavy atom. The Hall–Kier alpha value is -1.56. The Bertz CT molecular complexity index is 712. The van der Waals surface area contributed by atoms with E-state index in [9.17, 15) is 13.2 Å². The highest BCUT2D eigenvalue weighted by Crippen LogP contribution is 2.46. The van der Waals surface area contributed by atoms with Crippen molar-refractivity contribution in [3.05, 3.63) is 29.8 Å². The van der Waals surface area contributed by atoms with Gasteiger partial charge in [0.1, 0.15) is 6.54 Å². The number of nitrogens with zero attached hydrogens (tertiary/aromatic N) is 2. The van der Waals surface area contributed by atoms with Crippen molar-refractivity contribution in [1.82, 2.24) is 4.90 Å². The van der Waals surface area contributed by atoms with Gasteiger partial charge in [0.05, 0.1) is 11.9 Å².